The number of hydrogen-bond acceptors (Lipinski definition) is 9. The molecule has 0 bridgehead atoms. The average Bonchev–Trinajstić information content (AvgIpc) is 3.50. The van der Waals surface area contributed by atoms with Crippen LogP contribution in [0.4, 0.5) is 0 Å². The smallest absolute Gasteiger partial charge is 0.341 e. The van der Waals surface area contributed by atoms with Gasteiger partial charge in [0.2, 0.25) is 5.88 Å². The van der Waals surface area contributed by atoms with Gasteiger partial charge in [0, 0.05) is 11.8 Å². The summed E-state index contributed by atoms with van der Waals surface area (Å²) in [7, 11) is -3.18. The number of methoxy groups -OCH3 is 1. The maximum absolute atomic E-state index is 12.0. The van der Waals surface area contributed by atoms with Gasteiger partial charge in [0.05, 0.1) is 38.5 Å². The molecule has 10 nitrogen and oxygen atoms in total. The highest BCUT2D eigenvalue weighted by Gasteiger charge is 2.52. The van der Waals surface area contributed by atoms with Gasteiger partial charge in [0.1, 0.15) is 30.2 Å². The van der Waals surface area contributed by atoms with E-state index >= 15 is 0 Å². The molecule has 4 atom stereocenters. The highest BCUT2D eigenvalue weighted by Crippen LogP contribution is 2.40. The van der Waals surface area contributed by atoms with Crippen molar-refractivity contribution < 1.29 is 28.2 Å². The van der Waals surface area contributed by atoms with Crippen molar-refractivity contribution in [3.05, 3.63) is 54.0 Å². The Labute approximate surface area is 265 Å². The van der Waals surface area contributed by atoms with Crippen molar-refractivity contribution in [2.45, 2.75) is 115 Å². The van der Waals surface area contributed by atoms with Crippen molar-refractivity contribution in [1.29, 1.82) is 0 Å². The molecule has 0 radical (unpaired) electrons. The Morgan fingerprint density at radius 3 is 2.25 bits per heavy atom. The van der Waals surface area contributed by atoms with Gasteiger partial charge in [-0.2, -0.15) is 4.98 Å². The summed E-state index contributed by atoms with van der Waals surface area (Å²) in [5.41, 5.74) is 4.03. The van der Waals surface area contributed by atoms with Crippen molar-refractivity contribution in [1.82, 2.24) is 19.9 Å². The lowest BCUT2D eigenvalue weighted by Gasteiger charge is -2.37. The van der Waals surface area contributed by atoms with Gasteiger partial charge < -0.3 is 38.1 Å². The largest absolute Gasteiger partial charge is 0.479 e. The molecule has 1 aliphatic heterocycles. The molecule has 3 N–H and O–H groups in total. The molecule has 12 heteroatoms. The van der Waals surface area contributed by atoms with Crippen LogP contribution in [0.1, 0.15) is 72.6 Å². The Kier molecular flexibility index (Phi) is 11.8. The lowest BCUT2D eigenvalue weighted by molar-refractivity contribution is 0.0127. The third-order valence-corrected chi connectivity index (χ3v) is 15.9. The van der Waals surface area contributed by atoms with Crippen molar-refractivity contribution in [3.63, 3.8) is 0 Å². The number of aliphatic hydroxyl groups excluding tert-OH is 1. The van der Waals surface area contributed by atoms with Crippen LogP contribution in [0.15, 0.2) is 42.9 Å². The second kappa shape index (κ2) is 14.9. The van der Waals surface area contributed by atoms with Gasteiger partial charge in [-0.05, 0) is 27.7 Å². The van der Waals surface area contributed by atoms with Gasteiger partial charge in [-0.3, -0.25) is 0 Å². The Balaban J connectivity index is 1.69. The standard InChI is InChI=1S/C32H52N4O6Si2/c1-20(2)43(21(3)4)41-17-26-31(42-44(38,22(5)6)23(7)8)30(37)28(35-26)25-15-36(19-40-16-24-13-11-10-12-14-24)29-27(25)33-18-34-32(29)39-9/h10-15,18,20-23,26,28,30-31,35,37-38,43H,16-17,19H2,1-9H3/t26-,28+,30-,31-/m1/s1. The summed E-state index contributed by atoms with van der Waals surface area (Å²) >= 11 is 0. The van der Waals surface area contributed by atoms with E-state index in [2.05, 4.69) is 43.0 Å². The quantitative estimate of drug-likeness (QED) is 0.192. The van der Waals surface area contributed by atoms with E-state index < -0.39 is 35.9 Å². The van der Waals surface area contributed by atoms with Gasteiger partial charge >= 0.3 is 8.56 Å². The number of hydrogen-bond donors (Lipinski definition) is 3. The fourth-order valence-electron chi connectivity index (χ4n) is 6.39. The first kappa shape index (κ1) is 34.7. The van der Waals surface area contributed by atoms with Crippen LogP contribution >= 0.6 is 0 Å². The minimum absolute atomic E-state index is 0.0514. The van der Waals surface area contributed by atoms with Crippen molar-refractivity contribution >= 4 is 28.6 Å². The zero-order valence-corrected chi connectivity index (χ0v) is 29.9. The number of nitrogens with one attached hydrogen (secondary N) is 1. The number of aliphatic hydroxyl groups is 1. The zero-order valence-electron chi connectivity index (χ0n) is 27.7. The lowest BCUT2D eigenvalue weighted by Crippen LogP contribution is -2.53. The molecular weight excluding hydrogens is 593 g/mol. The minimum atomic E-state index is -3.21. The number of ether oxygens (including phenoxy) is 2. The molecular formula is C32H52N4O6Si2. The van der Waals surface area contributed by atoms with E-state index in [0.29, 0.717) is 41.2 Å². The Bertz CT molecular complexity index is 1320. The fourth-order valence-corrected chi connectivity index (χ4v) is 11.7. The predicted octanol–water partition coefficient (Wildman–Crippen LogP) is 5.19. The number of rotatable bonds is 15. The van der Waals surface area contributed by atoms with E-state index in [1.165, 1.54) is 6.33 Å². The van der Waals surface area contributed by atoms with Crippen LogP contribution in [0.2, 0.25) is 22.2 Å². The van der Waals surface area contributed by atoms with E-state index in [9.17, 15) is 9.90 Å². The van der Waals surface area contributed by atoms with Gasteiger partial charge in [-0.25, -0.2) is 4.98 Å². The Morgan fingerprint density at radius 1 is 1.00 bits per heavy atom. The summed E-state index contributed by atoms with van der Waals surface area (Å²) < 4.78 is 26.9. The van der Waals surface area contributed by atoms with Crippen molar-refractivity contribution in [2.24, 2.45) is 0 Å². The second-order valence-corrected chi connectivity index (χ2v) is 21.2. The maximum atomic E-state index is 12.0. The monoisotopic (exact) mass is 644 g/mol. The molecule has 244 valence electrons. The van der Waals surface area contributed by atoms with E-state index in [0.717, 1.165) is 11.1 Å². The minimum Gasteiger partial charge on any atom is -0.479 e. The topological polar surface area (TPSA) is 120 Å². The van der Waals surface area contributed by atoms with E-state index in [4.69, 9.17) is 18.3 Å². The molecule has 0 saturated carbocycles. The summed E-state index contributed by atoms with van der Waals surface area (Å²) in [5, 5.41) is 15.6. The molecule has 0 spiro atoms. The summed E-state index contributed by atoms with van der Waals surface area (Å²) in [6, 6.07) is 9.15. The number of aromatic nitrogens is 3. The molecule has 0 amide bonds. The lowest BCUT2D eigenvalue weighted by atomic mass is 10.0. The molecule has 3 heterocycles. The maximum Gasteiger partial charge on any atom is 0.341 e. The van der Waals surface area contributed by atoms with Crippen molar-refractivity contribution in [2.75, 3.05) is 13.7 Å². The number of nitrogens with zero attached hydrogens (tertiary/aromatic N) is 3. The van der Waals surface area contributed by atoms with Crippen LogP contribution in [-0.4, -0.2) is 74.0 Å². The number of fused-ring (bicyclic) bond motifs is 1. The third-order valence-electron chi connectivity index (χ3n) is 8.74. The molecule has 44 heavy (non-hydrogen) atoms. The van der Waals surface area contributed by atoms with Crippen LogP contribution in [0.25, 0.3) is 11.0 Å². The summed E-state index contributed by atoms with van der Waals surface area (Å²) in [6.07, 6.45) is 1.80. The molecule has 0 unspecified atom stereocenters. The average molecular weight is 645 g/mol. The van der Waals surface area contributed by atoms with Crippen LogP contribution in [0.3, 0.4) is 0 Å². The Hall–Kier alpha value is -2.17. The summed E-state index contributed by atoms with van der Waals surface area (Å²) in [4.78, 5) is 20.8. The van der Waals surface area contributed by atoms with Crippen LogP contribution in [0, 0.1) is 0 Å². The first-order valence-corrected chi connectivity index (χ1v) is 19.7. The highest BCUT2D eigenvalue weighted by molar-refractivity contribution is 6.68. The van der Waals surface area contributed by atoms with E-state index in [1.807, 2.05) is 68.8 Å². The molecule has 1 aromatic carbocycles. The third kappa shape index (κ3) is 7.44. The fraction of sp³-hybridized carbons (Fsp3) is 0.625. The van der Waals surface area contributed by atoms with E-state index in [1.54, 1.807) is 7.11 Å². The van der Waals surface area contributed by atoms with Crippen LogP contribution in [-0.2, 0) is 26.9 Å². The second-order valence-electron chi connectivity index (χ2n) is 13.3. The predicted molar refractivity (Wildman–Crippen MR) is 177 cm³/mol. The first-order valence-electron chi connectivity index (χ1n) is 15.8. The van der Waals surface area contributed by atoms with Gasteiger partial charge in [-0.1, -0.05) is 85.7 Å². The molecule has 4 rings (SSSR count). The SMILES string of the molecule is COc1ncnc2c([C@@H]3N[C@H](CO[SiH](C(C)C)C(C)C)[C@@H](O[Si](O)(C(C)C)C(C)C)[C@@H]3O)cn(COCc3ccccc3)c12. The highest BCUT2D eigenvalue weighted by atomic mass is 28.4. The molecule has 2 aromatic heterocycles. The molecule has 1 saturated heterocycles. The molecule has 0 aliphatic carbocycles. The molecule has 1 fully saturated rings. The summed E-state index contributed by atoms with van der Waals surface area (Å²) in [5.74, 6) is 0.425. The number of benzene rings is 1. The van der Waals surface area contributed by atoms with Gasteiger partial charge in [0.25, 0.3) is 0 Å². The molecule has 3 aromatic rings. The Morgan fingerprint density at radius 2 is 1.66 bits per heavy atom. The summed E-state index contributed by atoms with van der Waals surface area (Å²) in [6.45, 7) is 17.9. The van der Waals surface area contributed by atoms with Crippen LogP contribution < -0.4 is 10.1 Å². The van der Waals surface area contributed by atoms with Gasteiger partial charge in [0.15, 0.2) is 9.04 Å². The zero-order chi connectivity index (χ0) is 32.2. The van der Waals surface area contributed by atoms with E-state index in [-0.39, 0.29) is 23.9 Å². The normalized spacial score (nSPS) is 21.2. The first-order chi connectivity index (χ1) is 20.9. The van der Waals surface area contributed by atoms with Crippen LogP contribution in [0.5, 0.6) is 5.88 Å². The molecule has 1 aliphatic rings. The van der Waals surface area contributed by atoms with Crippen molar-refractivity contribution in [3.8, 4) is 5.88 Å². The van der Waals surface area contributed by atoms with Gasteiger partial charge in [-0.15, -0.1) is 0 Å².